The number of hydrogen-bond acceptors (Lipinski definition) is 2. The molecule has 13 aromatic rings. The van der Waals surface area contributed by atoms with E-state index in [0.29, 0.717) is 0 Å². The van der Waals surface area contributed by atoms with Crippen molar-refractivity contribution in [3.05, 3.63) is 354 Å². The van der Waals surface area contributed by atoms with E-state index in [0.717, 1.165) is 50.8 Å². The van der Waals surface area contributed by atoms with E-state index in [9.17, 15) is 0 Å². The van der Waals surface area contributed by atoms with Crippen molar-refractivity contribution >= 4 is 78.2 Å². The summed E-state index contributed by atoms with van der Waals surface area (Å²) in [6.07, 6.45) is 9.33. The van der Waals surface area contributed by atoms with E-state index in [1.54, 1.807) is 0 Å². The van der Waals surface area contributed by atoms with Crippen LogP contribution in [0.2, 0.25) is 0 Å². The van der Waals surface area contributed by atoms with Crippen LogP contribution in [-0.2, 0) is 0 Å². The zero-order valence-corrected chi connectivity index (χ0v) is 46.4. The SMILES string of the molecule is C1=CC2C(=C3c4ccccc4-c4ccccc43)c3cc(N(c4ccccc4)c4ccc5c(c4)c4cc(N(c6ccccc6)c6ccc7c(c6)C(=C6c8ccccc8-c8ccccc86)c6ccccc6-7)ccc4n5-c4ccccc4)ccc3C2C=C1. The fraction of sp³-hybridized carbons (Fsp3) is 0.0244. The summed E-state index contributed by atoms with van der Waals surface area (Å²) < 4.78 is 2.44. The maximum absolute atomic E-state index is 2.49. The van der Waals surface area contributed by atoms with Gasteiger partial charge >= 0.3 is 0 Å². The Bertz CT molecular complexity index is 4980. The molecule has 0 saturated heterocycles. The van der Waals surface area contributed by atoms with Crippen LogP contribution in [0.15, 0.2) is 309 Å². The fourth-order valence-corrected chi connectivity index (χ4v) is 15.1. The third-order valence-electron chi connectivity index (χ3n) is 18.6. The maximum Gasteiger partial charge on any atom is 0.0542 e. The lowest BCUT2D eigenvalue weighted by Gasteiger charge is -2.27. The summed E-state index contributed by atoms with van der Waals surface area (Å²) in [5.41, 5.74) is 33.4. The second-order valence-electron chi connectivity index (χ2n) is 23.0. The maximum atomic E-state index is 2.49. The first-order valence-corrected chi connectivity index (χ1v) is 29.7. The van der Waals surface area contributed by atoms with Crippen LogP contribution in [0.3, 0.4) is 0 Å². The number of benzene rings is 12. The Labute approximate surface area is 494 Å². The van der Waals surface area contributed by atoms with Gasteiger partial charge in [0.1, 0.15) is 0 Å². The van der Waals surface area contributed by atoms with Crippen molar-refractivity contribution in [2.45, 2.75) is 5.92 Å². The lowest BCUT2D eigenvalue weighted by molar-refractivity contribution is 0.753. The fourth-order valence-electron chi connectivity index (χ4n) is 15.1. The van der Waals surface area contributed by atoms with Gasteiger partial charge in [-0.05, 0) is 197 Å². The number of para-hydroxylation sites is 3. The highest BCUT2D eigenvalue weighted by Gasteiger charge is 2.40. The summed E-state index contributed by atoms with van der Waals surface area (Å²) in [5, 5.41) is 2.34. The molecule has 0 amide bonds. The first-order chi connectivity index (χ1) is 42.2. The van der Waals surface area contributed by atoms with E-state index in [-0.39, 0.29) is 11.8 Å². The first-order valence-electron chi connectivity index (χ1n) is 29.7. The monoisotopic (exact) mass is 1080 g/mol. The molecule has 396 valence electrons. The van der Waals surface area contributed by atoms with E-state index in [4.69, 9.17) is 0 Å². The number of anilines is 6. The molecular formula is C82H53N3. The van der Waals surface area contributed by atoms with Gasteiger partial charge in [-0.3, -0.25) is 0 Å². The predicted octanol–water partition coefficient (Wildman–Crippen LogP) is 21.5. The van der Waals surface area contributed by atoms with Crippen LogP contribution in [0, 0.1) is 5.92 Å². The third-order valence-corrected chi connectivity index (χ3v) is 18.6. The van der Waals surface area contributed by atoms with Gasteiger partial charge in [0.25, 0.3) is 0 Å². The first kappa shape index (κ1) is 47.6. The molecule has 3 heteroatoms. The van der Waals surface area contributed by atoms with Crippen LogP contribution in [-0.4, -0.2) is 4.57 Å². The lowest BCUT2D eigenvalue weighted by Crippen LogP contribution is -2.10. The molecule has 3 nitrogen and oxygen atoms in total. The van der Waals surface area contributed by atoms with Crippen LogP contribution in [0.4, 0.5) is 34.1 Å². The van der Waals surface area contributed by atoms with Crippen molar-refractivity contribution in [3.8, 4) is 39.1 Å². The summed E-state index contributed by atoms with van der Waals surface area (Å²) in [7, 11) is 0. The molecule has 2 atom stereocenters. The number of fused-ring (bicyclic) bond motifs is 15. The summed E-state index contributed by atoms with van der Waals surface area (Å²) in [6.45, 7) is 0. The summed E-state index contributed by atoms with van der Waals surface area (Å²) in [6, 6.07) is 106. The van der Waals surface area contributed by atoms with E-state index >= 15 is 0 Å². The van der Waals surface area contributed by atoms with Crippen LogP contribution >= 0.6 is 0 Å². The second kappa shape index (κ2) is 18.8. The van der Waals surface area contributed by atoms with Crippen LogP contribution in [0.5, 0.6) is 0 Å². The Hall–Kier alpha value is -11.0. The van der Waals surface area contributed by atoms with Crippen molar-refractivity contribution < 1.29 is 0 Å². The van der Waals surface area contributed by atoms with E-state index in [1.165, 1.54) is 111 Å². The molecule has 85 heavy (non-hydrogen) atoms. The van der Waals surface area contributed by atoms with E-state index in [1.807, 2.05) is 0 Å². The van der Waals surface area contributed by atoms with Crippen molar-refractivity contribution in [1.82, 2.24) is 4.57 Å². The summed E-state index contributed by atoms with van der Waals surface area (Å²) >= 11 is 0. The standard InChI is InChI=1S/C82H53N3/c1-4-22-52(23-5-1)83(55-40-44-65-63-32-14-20-38-71(63)81(75(65)50-55)79-67-34-16-10-28-59(67)60-29-11-17-35-68(60)79)57-42-46-77-73(48-57)74-49-58(43-47-78(74)85(77)54-26-8-3-9-27-54)84(53-24-6-2-7-25-53)56-41-45-66-64-33-15-21-39-72(64)82(76(66)51-56)80-69-36-18-12-30-61(69)62-31-13-19-37-70(62)80/h1-51,63,71H. The molecule has 0 fully saturated rings. The molecule has 12 aromatic carbocycles. The number of nitrogens with zero attached hydrogens (tertiary/aromatic N) is 3. The number of hydrogen-bond donors (Lipinski definition) is 0. The molecule has 0 radical (unpaired) electrons. The van der Waals surface area contributed by atoms with Gasteiger partial charge < -0.3 is 14.4 Å². The average Bonchev–Trinajstić information content (AvgIpc) is 2.26. The van der Waals surface area contributed by atoms with Crippen molar-refractivity contribution in [2.75, 3.05) is 9.80 Å². The van der Waals surface area contributed by atoms with E-state index in [2.05, 4.69) is 324 Å². The lowest BCUT2D eigenvalue weighted by atomic mass is 9.83. The molecular weight excluding hydrogens is 1030 g/mol. The minimum Gasteiger partial charge on any atom is -0.310 e. The third kappa shape index (κ3) is 7.14. The Kier molecular flexibility index (Phi) is 10.5. The predicted molar refractivity (Wildman–Crippen MR) is 355 cm³/mol. The van der Waals surface area contributed by atoms with Gasteiger partial charge in [-0.1, -0.05) is 212 Å². The molecule has 1 heterocycles. The molecule has 0 aliphatic heterocycles. The van der Waals surface area contributed by atoms with Crippen molar-refractivity contribution in [3.63, 3.8) is 0 Å². The van der Waals surface area contributed by atoms with Crippen LogP contribution in [0.1, 0.15) is 50.4 Å². The molecule has 0 spiro atoms. The van der Waals surface area contributed by atoms with Crippen molar-refractivity contribution in [2.24, 2.45) is 5.92 Å². The highest BCUT2D eigenvalue weighted by atomic mass is 15.2. The highest BCUT2D eigenvalue weighted by molar-refractivity contribution is 6.20. The zero-order valence-electron chi connectivity index (χ0n) is 46.4. The number of aromatic nitrogens is 1. The number of rotatable bonds is 7. The van der Waals surface area contributed by atoms with Gasteiger partial charge in [0.2, 0.25) is 0 Å². The second-order valence-corrected chi connectivity index (χ2v) is 23.0. The number of allylic oxidation sites excluding steroid dienone is 5. The van der Waals surface area contributed by atoms with Crippen LogP contribution in [0.25, 0.3) is 83.2 Å². The molecule has 0 N–H and O–H groups in total. The largest absolute Gasteiger partial charge is 0.310 e. The quantitative estimate of drug-likeness (QED) is 0.158. The topological polar surface area (TPSA) is 11.4 Å². The Morgan fingerprint density at radius 3 is 1.08 bits per heavy atom. The minimum atomic E-state index is 0.217. The molecule has 0 bridgehead atoms. The van der Waals surface area contributed by atoms with Crippen molar-refractivity contribution in [1.29, 1.82) is 0 Å². The average molecular weight is 1080 g/mol. The van der Waals surface area contributed by atoms with Gasteiger partial charge in [0.15, 0.2) is 0 Å². The van der Waals surface area contributed by atoms with Gasteiger partial charge in [0, 0.05) is 62.4 Å². The smallest absolute Gasteiger partial charge is 0.0542 e. The minimum absolute atomic E-state index is 0.217. The Morgan fingerprint density at radius 2 is 0.600 bits per heavy atom. The van der Waals surface area contributed by atoms with E-state index < -0.39 is 0 Å². The van der Waals surface area contributed by atoms with Gasteiger partial charge in [-0.25, -0.2) is 0 Å². The summed E-state index contributed by atoms with van der Waals surface area (Å²) in [4.78, 5) is 4.92. The molecule has 2 unspecified atom stereocenters. The molecule has 18 rings (SSSR count). The molecule has 5 aliphatic rings. The normalized spacial score (nSPS) is 15.3. The molecule has 5 aliphatic carbocycles. The Balaban J connectivity index is 0.835. The highest BCUT2D eigenvalue weighted by Crippen LogP contribution is 2.59. The molecule has 0 saturated carbocycles. The Morgan fingerprint density at radius 1 is 0.247 bits per heavy atom. The van der Waals surface area contributed by atoms with Gasteiger partial charge in [0.05, 0.1) is 11.0 Å². The zero-order chi connectivity index (χ0) is 55.7. The molecule has 1 aromatic heterocycles. The van der Waals surface area contributed by atoms with Gasteiger partial charge in [-0.2, -0.15) is 0 Å². The van der Waals surface area contributed by atoms with Gasteiger partial charge in [-0.15, -0.1) is 0 Å². The summed E-state index contributed by atoms with van der Waals surface area (Å²) in [5.74, 6) is 0.468. The van der Waals surface area contributed by atoms with Crippen LogP contribution < -0.4 is 9.80 Å².